The maximum atomic E-state index is 10.6. The third-order valence-corrected chi connectivity index (χ3v) is 4.49. The first-order valence-electron chi connectivity index (χ1n) is 6.24. The van der Waals surface area contributed by atoms with Crippen LogP contribution in [0.15, 0.2) is 0 Å². The van der Waals surface area contributed by atoms with E-state index in [0.29, 0.717) is 0 Å². The van der Waals surface area contributed by atoms with Crippen molar-refractivity contribution in [2.24, 2.45) is 5.73 Å². The molecule has 3 N–H and O–H groups in total. The highest BCUT2D eigenvalue weighted by Crippen LogP contribution is 2.37. The van der Waals surface area contributed by atoms with E-state index in [1.807, 2.05) is 6.92 Å². The monoisotopic (exact) mass is 212 g/mol. The summed E-state index contributed by atoms with van der Waals surface area (Å²) in [5.74, 6) is 0. The lowest BCUT2D eigenvalue weighted by Crippen LogP contribution is -2.62. The molecule has 1 saturated heterocycles. The van der Waals surface area contributed by atoms with Crippen molar-refractivity contribution in [3.05, 3.63) is 0 Å². The minimum absolute atomic E-state index is 0.428. The van der Waals surface area contributed by atoms with Crippen molar-refractivity contribution in [1.82, 2.24) is 4.90 Å². The van der Waals surface area contributed by atoms with Crippen LogP contribution in [0.1, 0.15) is 46.0 Å². The minimum atomic E-state index is -0.646. The predicted octanol–water partition coefficient (Wildman–Crippen LogP) is 1.10. The first-order chi connectivity index (χ1) is 6.98. The van der Waals surface area contributed by atoms with Gasteiger partial charge in [-0.05, 0) is 39.0 Å². The highest BCUT2D eigenvalue weighted by molar-refractivity contribution is 5.04. The zero-order valence-electron chi connectivity index (χ0n) is 10.00. The van der Waals surface area contributed by atoms with Crippen molar-refractivity contribution >= 4 is 0 Å². The Hall–Kier alpha value is -0.120. The molecule has 15 heavy (non-hydrogen) atoms. The number of hydrogen-bond acceptors (Lipinski definition) is 3. The van der Waals surface area contributed by atoms with Gasteiger partial charge in [-0.3, -0.25) is 0 Å². The molecule has 2 aliphatic rings. The van der Waals surface area contributed by atoms with Crippen LogP contribution in [0.3, 0.4) is 0 Å². The molecule has 1 aliphatic heterocycles. The molecule has 1 atom stereocenters. The molecule has 0 radical (unpaired) electrons. The lowest BCUT2D eigenvalue weighted by molar-refractivity contribution is -0.0771. The zero-order chi connectivity index (χ0) is 11.1. The molecule has 0 bridgehead atoms. The van der Waals surface area contributed by atoms with Gasteiger partial charge in [-0.25, -0.2) is 0 Å². The number of nitrogens with zero attached hydrogens (tertiary/aromatic N) is 1. The van der Waals surface area contributed by atoms with Crippen LogP contribution in [-0.4, -0.2) is 40.3 Å². The Labute approximate surface area is 92.6 Å². The lowest BCUT2D eigenvalue weighted by atomic mass is 9.73. The van der Waals surface area contributed by atoms with E-state index < -0.39 is 11.1 Å². The van der Waals surface area contributed by atoms with Crippen LogP contribution >= 0.6 is 0 Å². The van der Waals surface area contributed by atoms with E-state index in [1.165, 1.54) is 12.8 Å². The molecule has 0 aromatic heterocycles. The quantitative estimate of drug-likeness (QED) is 0.736. The number of rotatable bonds is 3. The van der Waals surface area contributed by atoms with E-state index in [0.717, 1.165) is 38.4 Å². The minimum Gasteiger partial charge on any atom is -0.388 e. The Morgan fingerprint density at radius 2 is 1.93 bits per heavy atom. The number of nitrogens with two attached hydrogens (primary N) is 1. The van der Waals surface area contributed by atoms with Gasteiger partial charge in [-0.15, -0.1) is 0 Å². The SMILES string of the molecule is CCC(C)(N)C1(O)CCN(C2CC2)CC1. The van der Waals surface area contributed by atoms with Crippen LogP contribution in [0.4, 0.5) is 0 Å². The molecule has 0 aromatic carbocycles. The largest absolute Gasteiger partial charge is 0.388 e. The predicted molar refractivity (Wildman–Crippen MR) is 61.7 cm³/mol. The van der Waals surface area contributed by atoms with Crippen molar-refractivity contribution in [2.75, 3.05) is 13.1 Å². The topological polar surface area (TPSA) is 49.5 Å². The van der Waals surface area contributed by atoms with Gasteiger partial charge in [0.05, 0.1) is 5.60 Å². The summed E-state index contributed by atoms with van der Waals surface area (Å²) in [5, 5.41) is 10.6. The van der Waals surface area contributed by atoms with Crippen molar-refractivity contribution < 1.29 is 5.11 Å². The van der Waals surface area contributed by atoms with Gasteiger partial charge in [0.2, 0.25) is 0 Å². The van der Waals surface area contributed by atoms with Crippen LogP contribution in [-0.2, 0) is 0 Å². The second-order valence-electron chi connectivity index (χ2n) is 5.57. The number of aliphatic hydroxyl groups is 1. The van der Waals surface area contributed by atoms with Crippen molar-refractivity contribution in [2.45, 2.75) is 63.1 Å². The molecule has 1 aliphatic carbocycles. The van der Waals surface area contributed by atoms with Gasteiger partial charge in [0.1, 0.15) is 0 Å². The molecule has 2 fully saturated rings. The average molecular weight is 212 g/mol. The molecule has 88 valence electrons. The van der Waals surface area contributed by atoms with Gasteiger partial charge >= 0.3 is 0 Å². The summed E-state index contributed by atoms with van der Waals surface area (Å²) in [6, 6.07) is 0.820. The van der Waals surface area contributed by atoms with E-state index in [1.54, 1.807) is 0 Å². The van der Waals surface area contributed by atoms with E-state index in [2.05, 4.69) is 11.8 Å². The summed E-state index contributed by atoms with van der Waals surface area (Å²) < 4.78 is 0. The Kier molecular flexibility index (Phi) is 2.82. The van der Waals surface area contributed by atoms with Gasteiger partial charge in [0.15, 0.2) is 0 Å². The van der Waals surface area contributed by atoms with Crippen molar-refractivity contribution in [3.63, 3.8) is 0 Å². The number of likely N-dealkylation sites (tertiary alicyclic amines) is 1. The normalized spacial score (nSPS) is 31.2. The Morgan fingerprint density at radius 3 is 2.33 bits per heavy atom. The first kappa shape index (κ1) is 11.4. The van der Waals surface area contributed by atoms with E-state index in [-0.39, 0.29) is 0 Å². The fraction of sp³-hybridized carbons (Fsp3) is 1.00. The fourth-order valence-corrected chi connectivity index (χ4v) is 2.60. The number of piperidine rings is 1. The molecule has 3 nitrogen and oxygen atoms in total. The smallest absolute Gasteiger partial charge is 0.0847 e. The van der Waals surface area contributed by atoms with Crippen LogP contribution in [0.2, 0.25) is 0 Å². The second kappa shape index (κ2) is 3.72. The maximum absolute atomic E-state index is 10.6. The van der Waals surface area contributed by atoms with Gasteiger partial charge in [0, 0.05) is 24.7 Å². The molecular weight excluding hydrogens is 188 g/mol. The third kappa shape index (κ3) is 2.05. The molecule has 0 amide bonds. The van der Waals surface area contributed by atoms with Gasteiger partial charge in [-0.2, -0.15) is 0 Å². The molecule has 3 heteroatoms. The standard InChI is InChI=1S/C12H24N2O/c1-3-11(2,13)12(15)6-8-14(9-7-12)10-4-5-10/h10,15H,3-9,13H2,1-2H3. The summed E-state index contributed by atoms with van der Waals surface area (Å²) in [5.41, 5.74) is 5.12. The van der Waals surface area contributed by atoms with Crippen LogP contribution < -0.4 is 5.73 Å². The molecule has 1 heterocycles. The van der Waals surface area contributed by atoms with Gasteiger partial charge in [-0.1, -0.05) is 6.92 Å². The Bertz CT molecular complexity index is 228. The zero-order valence-corrected chi connectivity index (χ0v) is 10.00. The Balaban J connectivity index is 1.95. The van der Waals surface area contributed by atoms with Crippen molar-refractivity contribution in [3.8, 4) is 0 Å². The highest BCUT2D eigenvalue weighted by Gasteiger charge is 2.46. The summed E-state index contributed by atoms with van der Waals surface area (Å²) in [6.07, 6.45) is 5.22. The van der Waals surface area contributed by atoms with Crippen LogP contribution in [0.5, 0.6) is 0 Å². The molecule has 0 spiro atoms. The van der Waals surface area contributed by atoms with Crippen molar-refractivity contribution in [1.29, 1.82) is 0 Å². The van der Waals surface area contributed by atoms with Crippen LogP contribution in [0.25, 0.3) is 0 Å². The maximum Gasteiger partial charge on any atom is 0.0847 e. The van der Waals surface area contributed by atoms with Gasteiger partial charge in [0.25, 0.3) is 0 Å². The highest BCUT2D eigenvalue weighted by atomic mass is 16.3. The van der Waals surface area contributed by atoms with Gasteiger partial charge < -0.3 is 15.7 Å². The molecule has 1 saturated carbocycles. The third-order valence-electron chi connectivity index (χ3n) is 4.49. The fourth-order valence-electron chi connectivity index (χ4n) is 2.60. The lowest BCUT2D eigenvalue weighted by Gasteiger charge is -2.47. The molecule has 0 aromatic rings. The summed E-state index contributed by atoms with van der Waals surface area (Å²) in [7, 11) is 0. The molecule has 2 rings (SSSR count). The molecular formula is C12H24N2O. The van der Waals surface area contributed by atoms with E-state index in [9.17, 15) is 5.11 Å². The van der Waals surface area contributed by atoms with E-state index in [4.69, 9.17) is 5.73 Å². The molecule has 1 unspecified atom stereocenters. The van der Waals surface area contributed by atoms with E-state index >= 15 is 0 Å². The second-order valence-corrected chi connectivity index (χ2v) is 5.57. The summed E-state index contributed by atoms with van der Waals surface area (Å²) in [4.78, 5) is 2.51. The average Bonchev–Trinajstić information content (AvgIpc) is 3.02. The van der Waals surface area contributed by atoms with Crippen LogP contribution in [0, 0.1) is 0 Å². The summed E-state index contributed by atoms with van der Waals surface area (Å²) in [6.45, 7) is 6.09. The number of hydrogen-bond donors (Lipinski definition) is 2. The Morgan fingerprint density at radius 1 is 1.40 bits per heavy atom. The summed E-state index contributed by atoms with van der Waals surface area (Å²) >= 11 is 0. The first-order valence-corrected chi connectivity index (χ1v) is 6.24.